The van der Waals surface area contributed by atoms with Gasteiger partial charge >= 0.3 is 17.9 Å². The van der Waals surface area contributed by atoms with E-state index in [1.807, 2.05) is 0 Å². The van der Waals surface area contributed by atoms with Gasteiger partial charge in [-0.15, -0.1) is 0 Å². The molecule has 0 aliphatic rings. The lowest BCUT2D eigenvalue weighted by molar-refractivity contribution is -0.170. The van der Waals surface area contributed by atoms with Crippen LogP contribution in [0.1, 0.15) is 155 Å². The molecule has 0 heterocycles. The van der Waals surface area contributed by atoms with Crippen molar-refractivity contribution in [2.45, 2.75) is 160 Å². The van der Waals surface area contributed by atoms with Crippen molar-refractivity contribution in [1.82, 2.24) is 10.2 Å². The van der Waals surface area contributed by atoms with Gasteiger partial charge in [0, 0.05) is 13.0 Å². The Morgan fingerprint density at radius 2 is 0.930 bits per heavy atom. The summed E-state index contributed by atoms with van der Waals surface area (Å²) in [5, 5.41) is 36.8. The largest absolute Gasteiger partial charge is 0.481 e. The molecule has 0 radical (unpaired) electrons. The van der Waals surface area contributed by atoms with Crippen molar-refractivity contribution in [3.8, 4) is 0 Å². The van der Waals surface area contributed by atoms with E-state index >= 15 is 0 Å². The molecule has 0 bridgehead atoms. The average molecular weight is 617 g/mol. The van der Waals surface area contributed by atoms with E-state index in [0.29, 0.717) is 6.42 Å². The summed E-state index contributed by atoms with van der Waals surface area (Å²) >= 11 is 0. The van der Waals surface area contributed by atoms with Crippen LogP contribution in [0, 0.1) is 0 Å². The lowest BCUT2D eigenvalue weighted by atomic mass is 9.96. The van der Waals surface area contributed by atoms with E-state index in [9.17, 15) is 19.2 Å². The van der Waals surface area contributed by atoms with E-state index in [1.165, 1.54) is 116 Å². The van der Waals surface area contributed by atoms with Crippen molar-refractivity contribution < 1.29 is 39.6 Å². The molecule has 1 amide bonds. The molecular weight excluding hydrogens is 552 g/mol. The SMILES string of the molecule is CCCCCCCCCCCCCCCCCCCCCC(=O)NCCCN(C)C.O=C(O)CC(O)(CC(=O)O)C(=O)O. The summed E-state index contributed by atoms with van der Waals surface area (Å²) in [6.45, 7) is 4.15. The van der Waals surface area contributed by atoms with Gasteiger partial charge in [-0.25, -0.2) is 4.79 Å². The van der Waals surface area contributed by atoms with Gasteiger partial charge in [0.25, 0.3) is 0 Å². The van der Waals surface area contributed by atoms with Crippen LogP contribution in [0.3, 0.4) is 0 Å². The summed E-state index contributed by atoms with van der Waals surface area (Å²) in [5.74, 6) is -4.78. The van der Waals surface area contributed by atoms with Crippen molar-refractivity contribution in [1.29, 1.82) is 0 Å². The Morgan fingerprint density at radius 1 is 0.581 bits per heavy atom. The fourth-order valence-electron chi connectivity index (χ4n) is 4.79. The van der Waals surface area contributed by atoms with Crippen molar-refractivity contribution in [3.05, 3.63) is 0 Å². The van der Waals surface area contributed by atoms with Crippen molar-refractivity contribution in [3.63, 3.8) is 0 Å². The van der Waals surface area contributed by atoms with Crippen LogP contribution in [-0.4, -0.2) is 81.9 Å². The maximum absolute atomic E-state index is 11.7. The number of nitrogens with one attached hydrogen (secondary N) is 1. The van der Waals surface area contributed by atoms with Gasteiger partial charge in [0.2, 0.25) is 5.91 Å². The normalized spacial score (nSPS) is 11.2. The lowest BCUT2D eigenvalue weighted by Gasteiger charge is -2.18. The number of carbonyl (C=O) groups is 4. The third-order valence-corrected chi connectivity index (χ3v) is 7.40. The Balaban J connectivity index is 0. The number of aliphatic carboxylic acids is 3. The maximum atomic E-state index is 11.7. The summed E-state index contributed by atoms with van der Waals surface area (Å²) in [7, 11) is 4.14. The van der Waals surface area contributed by atoms with Crippen LogP contribution >= 0.6 is 0 Å². The predicted molar refractivity (Wildman–Crippen MR) is 171 cm³/mol. The number of carboxylic acids is 3. The lowest BCUT2D eigenvalue weighted by Crippen LogP contribution is -2.42. The van der Waals surface area contributed by atoms with Gasteiger partial charge in [0.1, 0.15) is 0 Å². The minimum Gasteiger partial charge on any atom is -0.481 e. The summed E-state index contributed by atoms with van der Waals surface area (Å²) in [4.78, 5) is 44.4. The molecule has 0 rings (SSSR count). The molecule has 10 heteroatoms. The van der Waals surface area contributed by atoms with Crippen LogP contribution in [0.15, 0.2) is 0 Å². The van der Waals surface area contributed by atoms with E-state index in [1.54, 1.807) is 0 Å². The Hall–Kier alpha value is -2.20. The first-order valence-corrected chi connectivity index (χ1v) is 16.8. The maximum Gasteiger partial charge on any atom is 0.336 e. The molecule has 0 fully saturated rings. The molecule has 0 aromatic carbocycles. The van der Waals surface area contributed by atoms with Gasteiger partial charge in [0.05, 0.1) is 12.8 Å². The monoisotopic (exact) mass is 616 g/mol. The number of aliphatic hydroxyl groups is 1. The second-order valence-electron chi connectivity index (χ2n) is 12.1. The van der Waals surface area contributed by atoms with Crippen LogP contribution in [0.4, 0.5) is 0 Å². The van der Waals surface area contributed by atoms with Gasteiger partial charge in [-0.1, -0.05) is 122 Å². The molecule has 0 saturated heterocycles. The van der Waals surface area contributed by atoms with Gasteiger partial charge in [-0.05, 0) is 33.5 Å². The van der Waals surface area contributed by atoms with Gasteiger partial charge in [-0.2, -0.15) is 0 Å². The Labute approximate surface area is 261 Å². The highest BCUT2D eigenvalue weighted by molar-refractivity contribution is 5.88. The number of nitrogens with zero attached hydrogens (tertiary/aromatic N) is 1. The first-order valence-electron chi connectivity index (χ1n) is 16.8. The molecule has 0 unspecified atom stereocenters. The molecule has 0 spiro atoms. The third kappa shape index (κ3) is 32.5. The minimum absolute atomic E-state index is 0.237. The Bertz CT molecular complexity index is 699. The quantitative estimate of drug-likeness (QED) is 0.0580. The number of carboxylic acid groups (broad SMARTS) is 3. The second kappa shape index (κ2) is 29.9. The van der Waals surface area contributed by atoms with Gasteiger partial charge in [0.15, 0.2) is 5.60 Å². The highest BCUT2D eigenvalue weighted by atomic mass is 16.4. The molecule has 10 nitrogen and oxygen atoms in total. The first kappa shape index (κ1) is 42.9. The molecule has 0 aliphatic carbocycles. The smallest absolute Gasteiger partial charge is 0.336 e. The summed E-state index contributed by atoms with van der Waals surface area (Å²) in [6, 6.07) is 0. The minimum atomic E-state index is -2.74. The number of amides is 1. The second-order valence-corrected chi connectivity index (χ2v) is 12.1. The number of rotatable bonds is 29. The summed E-state index contributed by atoms with van der Waals surface area (Å²) in [6.07, 6.45) is 25.9. The Morgan fingerprint density at radius 3 is 1.23 bits per heavy atom. The molecule has 0 atom stereocenters. The number of hydrogen-bond donors (Lipinski definition) is 5. The molecule has 43 heavy (non-hydrogen) atoms. The molecule has 5 N–H and O–H groups in total. The molecule has 0 aliphatic heterocycles. The Kier molecular flexibility index (Phi) is 29.8. The van der Waals surface area contributed by atoms with Crippen LogP contribution < -0.4 is 5.32 Å². The van der Waals surface area contributed by atoms with Crippen molar-refractivity contribution >= 4 is 23.8 Å². The average Bonchev–Trinajstić information content (AvgIpc) is 2.91. The zero-order valence-electron chi connectivity index (χ0n) is 27.5. The zero-order chi connectivity index (χ0) is 32.8. The number of unbranched alkanes of at least 4 members (excludes halogenated alkanes) is 18. The highest BCUT2D eigenvalue weighted by Crippen LogP contribution is 2.16. The number of hydrogen-bond acceptors (Lipinski definition) is 6. The van der Waals surface area contributed by atoms with Crippen LogP contribution in [-0.2, 0) is 19.2 Å². The molecule has 0 saturated carbocycles. The summed E-state index contributed by atoms with van der Waals surface area (Å²) in [5.41, 5.74) is -2.74. The number of carbonyl (C=O) groups excluding carboxylic acids is 1. The zero-order valence-corrected chi connectivity index (χ0v) is 27.5. The first-order chi connectivity index (χ1) is 20.4. The highest BCUT2D eigenvalue weighted by Gasteiger charge is 2.40. The summed E-state index contributed by atoms with van der Waals surface area (Å²) < 4.78 is 0. The predicted octanol–water partition coefficient (Wildman–Crippen LogP) is 6.63. The molecule has 0 aromatic heterocycles. The molecule has 254 valence electrons. The van der Waals surface area contributed by atoms with E-state index < -0.39 is 36.4 Å². The van der Waals surface area contributed by atoms with Crippen LogP contribution in [0.5, 0.6) is 0 Å². The van der Waals surface area contributed by atoms with Crippen LogP contribution in [0.25, 0.3) is 0 Å². The van der Waals surface area contributed by atoms with Crippen LogP contribution in [0.2, 0.25) is 0 Å². The van der Waals surface area contributed by atoms with E-state index in [0.717, 1.165) is 25.9 Å². The molecule has 0 aromatic rings. The van der Waals surface area contributed by atoms with Gasteiger partial charge < -0.3 is 30.6 Å². The molecular formula is C33H64N2O8. The topological polar surface area (TPSA) is 164 Å². The third-order valence-electron chi connectivity index (χ3n) is 7.40. The van der Waals surface area contributed by atoms with Crippen molar-refractivity contribution in [2.24, 2.45) is 0 Å². The van der Waals surface area contributed by atoms with Crippen molar-refractivity contribution in [2.75, 3.05) is 27.2 Å². The fourth-order valence-corrected chi connectivity index (χ4v) is 4.79. The fraction of sp³-hybridized carbons (Fsp3) is 0.879. The van der Waals surface area contributed by atoms with E-state index in [-0.39, 0.29) is 5.91 Å². The standard InChI is InChI=1S/C27H56N2O.C6H8O7/c1-4-5-6-7-8-9-10-11-12-13-14-15-16-17-18-19-20-21-22-24-27(30)28-25-23-26-29(2)3;7-3(8)1-6(13,5(11)12)2-4(9)10/h4-26H2,1-3H3,(H,28,30);13H,1-2H2,(H,7,8)(H,9,10)(H,11,12). The van der Waals surface area contributed by atoms with E-state index in [4.69, 9.17) is 20.4 Å². The van der Waals surface area contributed by atoms with E-state index in [2.05, 4.69) is 31.2 Å². The van der Waals surface area contributed by atoms with Gasteiger partial charge in [-0.3, -0.25) is 14.4 Å².